The minimum Gasteiger partial charge on any atom is -0.363 e. The van der Waals surface area contributed by atoms with E-state index in [0.717, 1.165) is 11.3 Å². The molecule has 0 amide bonds. The summed E-state index contributed by atoms with van der Waals surface area (Å²) in [6.45, 7) is 1.94. The largest absolute Gasteiger partial charge is 0.363 e. The molecule has 2 aromatic heterocycles. The lowest BCUT2D eigenvalue weighted by Crippen LogP contribution is -1.82. The van der Waals surface area contributed by atoms with Gasteiger partial charge in [0.2, 0.25) is 0 Å². The second-order valence-corrected chi connectivity index (χ2v) is 2.50. The first kappa shape index (κ1) is 7.03. The highest BCUT2D eigenvalue weighted by atomic mass is 16.5. The molecule has 0 aliphatic carbocycles. The molecular weight excluding hydrogens is 152 g/mol. The van der Waals surface area contributed by atoms with Gasteiger partial charge in [-0.05, 0) is 19.1 Å². The van der Waals surface area contributed by atoms with Crippen molar-refractivity contribution >= 4 is 0 Å². The zero-order chi connectivity index (χ0) is 8.39. The summed E-state index contributed by atoms with van der Waals surface area (Å²) < 4.78 is 4.67. The van der Waals surface area contributed by atoms with Crippen LogP contribution in [0.15, 0.2) is 29.1 Å². The van der Waals surface area contributed by atoms with E-state index in [2.05, 4.69) is 20.7 Å². The van der Waals surface area contributed by atoms with Crippen molar-refractivity contribution in [3.63, 3.8) is 0 Å². The first-order valence-corrected chi connectivity index (χ1v) is 3.61. The quantitative estimate of drug-likeness (QED) is 0.637. The minimum absolute atomic E-state index is 0.697. The van der Waals surface area contributed by atoms with Crippen molar-refractivity contribution in [1.82, 2.24) is 10.1 Å². The van der Waals surface area contributed by atoms with Gasteiger partial charge in [0.25, 0.3) is 0 Å². The van der Waals surface area contributed by atoms with Crippen LogP contribution in [0.5, 0.6) is 0 Å². The van der Waals surface area contributed by atoms with Crippen LogP contribution in [0.1, 0.15) is 5.69 Å². The fourth-order valence-corrected chi connectivity index (χ4v) is 0.931. The molecule has 2 heterocycles. The van der Waals surface area contributed by atoms with Crippen LogP contribution < -0.4 is 0 Å². The van der Waals surface area contributed by atoms with E-state index >= 15 is 0 Å². The molecule has 0 aromatic carbocycles. The molecule has 0 bridgehead atoms. The highest BCUT2D eigenvalue weighted by Crippen LogP contribution is 2.14. The van der Waals surface area contributed by atoms with Gasteiger partial charge in [-0.25, -0.2) is 0 Å². The first-order chi connectivity index (χ1) is 5.86. The van der Waals surface area contributed by atoms with Crippen molar-refractivity contribution in [1.29, 1.82) is 0 Å². The molecule has 0 aliphatic heterocycles. The van der Waals surface area contributed by atoms with E-state index in [1.807, 2.05) is 19.1 Å². The van der Waals surface area contributed by atoms with Crippen LogP contribution in [0.2, 0.25) is 0 Å². The molecule has 2 aromatic rings. The Morgan fingerprint density at radius 3 is 2.92 bits per heavy atom. The lowest BCUT2D eigenvalue weighted by Gasteiger charge is -1.93. The highest BCUT2D eigenvalue weighted by molar-refractivity contribution is 5.55. The average molecular weight is 159 g/mol. The van der Waals surface area contributed by atoms with E-state index in [1.54, 1.807) is 6.20 Å². The molecule has 0 aliphatic rings. The zero-order valence-corrected chi connectivity index (χ0v) is 6.61. The number of aromatic nitrogens is 2. The monoisotopic (exact) mass is 159 g/mol. The Morgan fingerprint density at radius 2 is 2.33 bits per heavy atom. The molecule has 3 heteroatoms. The van der Waals surface area contributed by atoms with E-state index in [0.29, 0.717) is 5.69 Å². The van der Waals surface area contributed by atoms with Gasteiger partial charge in [-0.2, -0.15) is 0 Å². The minimum atomic E-state index is 0.697. The van der Waals surface area contributed by atoms with Crippen LogP contribution in [0, 0.1) is 13.0 Å². The van der Waals surface area contributed by atoms with Crippen LogP contribution in [0.25, 0.3) is 11.3 Å². The third-order valence-corrected chi connectivity index (χ3v) is 1.58. The topological polar surface area (TPSA) is 38.9 Å². The smallest absolute Gasteiger partial charge is 0.132 e. The molecule has 0 saturated carbocycles. The first-order valence-electron chi connectivity index (χ1n) is 3.61. The maximum absolute atomic E-state index is 4.67. The predicted molar refractivity (Wildman–Crippen MR) is 43.3 cm³/mol. The lowest BCUT2D eigenvalue weighted by molar-refractivity contribution is 0.422. The van der Waals surface area contributed by atoms with E-state index in [4.69, 9.17) is 0 Å². The second kappa shape index (κ2) is 2.77. The van der Waals surface area contributed by atoms with Crippen molar-refractivity contribution in [3.05, 3.63) is 36.4 Å². The average Bonchev–Trinajstić information content (AvgIpc) is 2.58. The SMILES string of the molecule is Cc1ccc(-c2[c]con2)cn1. The molecule has 3 nitrogen and oxygen atoms in total. The molecule has 0 atom stereocenters. The molecule has 0 spiro atoms. The molecule has 0 N–H and O–H groups in total. The van der Waals surface area contributed by atoms with Crippen molar-refractivity contribution in [3.8, 4) is 11.3 Å². The molecular formula is C9H7N2O. The summed E-state index contributed by atoms with van der Waals surface area (Å²) >= 11 is 0. The summed E-state index contributed by atoms with van der Waals surface area (Å²) in [5.74, 6) is 0. The Kier molecular flexibility index (Phi) is 1.63. The molecule has 1 radical (unpaired) electrons. The van der Waals surface area contributed by atoms with Gasteiger partial charge < -0.3 is 4.52 Å². The highest BCUT2D eigenvalue weighted by Gasteiger charge is 2.00. The van der Waals surface area contributed by atoms with Crippen molar-refractivity contribution in [2.24, 2.45) is 0 Å². The Morgan fingerprint density at radius 1 is 1.42 bits per heavy atom. The Bertz CT molecular complexity index is 351. The van der Waals surface area contributed by atoms with Crippen LogP contribution in [0.3, 0.4) is 0 Å². The molecule has 12 heavy (non-hydrogen) atoms. The van der Waals surface area contributed by atoms with Crippen molar-refractivity contribution in [2.75, 3.05) is 0 Å². The number of nitrogens with zero attached hydrogens (tertiary/aromatic N) is 2. The maximum Gasteiger partial charge on any atom is 0.132 e. The van der Waals surface area contributed by atoms with Gasteiger partial charge in [0.05, 0.1) is 6.07 Å². The summed E-state index contributed by atoms with van der Waals surface area (Å²) in [4.78, 5) is 4.13. The standard InChI is InChI=1S/C9H7N2O/c1-7-2-3-8(6-10-7)9-4-5-12-11-9/h2-3,5-6H,1H3. The summed E-state index contributed by atoms with van der Waals surface area (Å²) in [5, 5.41) is 3.75. The van der Waals surface area contributed by atoms with E-state index in [-0.39, 0.29) is 0 Å². The molecule has 0 unspecified atom stereocenters. The van der Waals surface area contributed by atoms with Gasteiger partial charge in [-0.15, -0.1) is 0 Å². The fourth-order valence-electron chi connectivity index (χ4n) is 0.931. The van der Waals surface area contributed by atoms with Crippen LogP contribution >= 0.6 is 0 Å². The molecule has 0 saturated heterocycles. The van der Waals surface area contributed by atoms with Gasteiger partial charge in [0, 0.05) is 17.5 Å². The van der Waals surface area contributed by atoms with Gasteiger partial charge in [-0.1, -0.05) is 5.16 Å². The summed E-state index contributed by atoms with van der Waals surface area (Å²) in [7, 11) is 0. The number of hydrogen-bond donors (Lipinski definition) is 0. The van der Waals surface area contributed by atoms with Gasteiger partial charge >= 0.3 is 0 Å². The summed E-state index contributed by atoms with van der Waals surface area (Å²) in [6.07, 6.45) is 3.18. The number of aryl methyl sites for hydroxylation is 1. The zero-order valence-electron chi connectivity index (χ0n) is 6.61. The fraction of sp³-hybridized carbons (Fsp3) is 0.111. The van der Waals surface area contributed by atoms with E-state index in [1.165, 1.54) is 6.26 Å². The Labute approximate surface area is 70.0 Å². The van der Waals surface area contributed by atoms with Crippen LogP contribution in [-0.2, 0) is 0 Å². The van der Waals surface area contributed by atoms with Gasteiger partial charge in [-0.3, -0.25) is 4.98 Å². The number of pyridine rings is 1. The summed E-state index contributed by atoms with van der Waals surface area (Å²) in [6, 6.07) is 6.72. The third-order valence-electron chi connectivity index (χ3n) is 1.58. The predicted octanol–water partition coefficient (Wildman–Crippen LogP) is 1.85. The number of hydrogen-bond acceptors (Lipinski definition) is 3. The van der Waals surface area contributed by atoms with E-state index < -0.39 is 0 Å². The van der Waals surface area contributed by atoms with E-state index in [9.17, 15) is 0 Å². The van der Waals surface area contributed by atoms with Crippen LogP contribution in [0.4, 0.5) is 0 Å². The molecule has 2 rings (SSSR count). The van der Waals surface area contributed by atoms with Crippen LogP contribution in [-0.4, -0.2) is 10.1 Å². The van der Waals surface area contributed by atoms with Gasteiger partial charge in [0.1, 0.15) is 12.0 Å². The second-order valence-electron chi connectivity index (χ2n) is 2.50. The third kappa shape index (κ3) is 1.21. The summed E-state index contributed by atoms with van der Waals surface area (Å²) in [5.41, 5.74) is 2.61. The molecule has 59 valence electrons. The van der Waals surface area contributed by atoms with Crippen molar-refractivity contribution < 1.29 is 4.52 Å². The number of rotatable bonds is 1. The Hall–Kier alpha value is -1.64. The van der Waals surface area contributed by atoms with Crippen molar-refractivity contribution in [2.45, 2.75) is 6.92 Å². The normalized spacial score (nSPS) is 10.1. The maximum atomic E-state index is 4.67. The lowest BCUT2D eigenvalue weighted by atomic mass is 10.2. The Balaban J connectivity index is 2.43. The molecule has 0 fully saturated rings. The van der Waals surface area contributed by atoms with Gasteiger partial charge in [0.15, 0.2) is 0 Å².